The third-order valence-corrected chi connectivity index (χ3v) is 2.61. The maximum Gasteiger partial charge on any atom is 0.226 e. The van der Waals surface area contributed by atoms with Crippen LogP contribution in [0, 0.1) is 11.3 Å². The Morgan fingerprint density at radius 2 is 2.35 bits per heavy atom. The van der Waals surface area contributed by atoms with E-state index in [-0.39, 0.29) is 11.7 Å². The number of nitriles is 1. The molecule has 5 heteroatoms. The smallest absolute Gasteiger partial charge is 0.226 e. The van der Waals surface area contributed by atoms with E-state index in [1.807, 2.05) is 26.8 Å². The van der Waals surface area contributed by atoms with Gasteiger partial charge in [0.15, 0.2) is 0 Å². The topological polar surface area (TPSA) is 62.0 Å². The first-order valence-electron chi connectivity index (χ1n) is 5.66. The molecule has 0 aliphatic carbocycles. The number of rotatable bonds is 1. The van der Waals surface area contributed by atoms with Crippen molar-refractivity contribution >= 4 is 5.95 Å². The van der Waals surface area contributed by atoms with Crippen molar-refractivity contribution < 1.29 is 4.74 Å². The van der Waals surface area contributed by atoms with E-state index in [1.54, 1.807) is 12.3 Å². The summed E-state index contributed by atoms with van der Waals surface area (Å²) >= 11 is 0. The van der Waals surface area contributed by atoms with Gasteiger partial charge in [0, 0.05) is 19.3 Å². The minimum atomic E-state index is -0.219. The maximum atomic E-state index is 8.83. The average Bonchev–Trinajstić information content (AvgIpc) is 2.26. The van der Waals surface area contributed by atoms with Crippen LogP contribution in [0.4, 0.5) is 5.95 Å². The molecular formula is C12H16N4O. The van der Waals surface area contributed by atoms with Crippen molar-refractivity contribution in [2.24, 2.45) is 0 Å². The molecule has 5 nitrogen and oxygen atoms in total. The molecule has 90 valence electrons. The highest BCUT2D eigenvalue weighted by Crippen LogP contribution is 2.23. The SMILES string of the molecule is CC1CN(c2nccc(C#N)n2)CC(C)(C)O1. The summed E-state index contributed by atoms with van der Waals surface area (Å²) in [5.74, 6) is 0.604. The molecule has 1 aliphatic rings. The third kappa shape index (κ3) is 2.71. The summed E-state index contributed by atoms with van der Waals surface area (Å²) in [5, 5.41) is 8.83. The number of hydrogen-bond donors (Lipinski definition) is 0. The quantitative estimate of drug-likeness (QED) is 0.731. The molecule has 1 fully saturated rings. The van der Waals surface area contributed by atoms with E-state index in [0.29, 0.717) is 11.6 Å². The van der Waals surface area contributed by atoms with Gasteiger partial charge in [-0.3, -0.25) is 0 Å². The van der Waals surface area contributed by atoms with Gasteiger partial charge in [-0.05, 0) is 26.8 Å². The molecule has 0 N–H and O–H groups in total. The molecule has 0 aromatic carbocycles. The first-order chi connectivity index (χ1) is 8.00. The molecular weight excluding hydrogens is 216 g/mol. The molecule has 1 atom stereocenters. The van der Waals surface area contributed by atoms with Crippen LogP contribution in [-0.2, 0) is 4.74 Å². The molecule has 2 heterocycles. The molecule has 1 aromatic heterocycles. The van der Waals surface area contributed by atoms with Crippen LogP contribution >= 0.6 is 0 Å². The van der Waals surface area contributed by atoms with Gasteiger partial charge in [0.25, 0.3) is 0 Å². The third-order valence-electron chi connectivity index (χ3n) is 2.61. The lowest BCUT2D eigenvalue weighted by atomic mass is 10.1. The molecule has 0 spiro atoms. The Hall–Kier alpha value is -1.67. The van der Waals surface area contributed by atoms with E-state index in [0.717, 1.165) is 13.1 Å². The number of anilines is 1. The van der Waals surface area contributed by atoms with Crippen LogP contribution in [0.2, 0.25) is 0 Å². The maximum absolute atomic E-state index is 8.83. The number of ether oxygens (including phenoxy) is 1. The molecule has 0 amide bonds. The minimum absolute atomic E-state index is 0.132. The summed E-state index contributed by atoms with van der Waals surface area (Å²) in [7, 11) is 0. The van der Waals surface area contributed by atoms with Gasteiger partial charge in [0.05, 0.1) is 11.7 Å². The van der Waals surface area contributed by atoms with E-state index < -0.39 is 0 Å². The summed E-state index contributed by atoms with van der Waals surface area (Å²) in [6.07, 6.45) is 1.75. The van der Waals surface area contributed by atoms with E-state index in [4.69, 9.17) is 10.00 Å². The predicted octanol–water partition coefficient (Wildman–Crippen LogP) is 1.35. The van der Waals surface area contributed by atoms with Crippen LogP contribution in [-0.4, -0.2) is 34.8 Å². The van der Waals surface area contributed by atoms with Gasteiger partial charge < -0.3 is 9.64 Å². The lowest BCUT2D eigenvalue weighted by Crippen LogP contribution is -2.52. The normalized spacial score (nSPS) is 23.2. The zero-order valence-electron chi connectivity index (χ0n) is 10.3. The fourth-order valence-electron chi connectivity index (χ4n) is 2.17. The summed E-state index contributed by atoms with van der Waals surface area (Å²) in [4.78, 5) is 10.5. The molecule has 1 unspecified atom stereocenters. The largest absolute Gasteiger partial charge is 0.369 e. The van der Waals surface area contributed by atoms with Crippen molar-refractivity contribution in [3.05, 3.63) is 18.0 Å². The standard InChI is InChI=1S/C12H16N4O/c1-9-7-16(8-12(2,3)17-9)11-14-5-4-10(6-13)15-11/h4-5,9H,7-8H2,1-3H3. The van der Waals surface area contributed by atoms with Crippen LogP contribution in [0.3, 0.4) is 0 Å². The van der Waals surface area contributed by atoms with Crippen molar-refractivity contribution in [3.63, 3.8) is 0 Å². The van der Waals surface area contributed by atoms with Crippen molar-refractivity contribution in [2.45, 2.75) is 32.5 Å². The number of hydrogen-bond acceptors (Lipinski definition) is 5. The van der Waals surface area contributed by atoms with E-state index in [1.165, 1.54) is 0 Å². The van der Waals surface area contributed by atoms with Crippen molar-refractivity contribution in [2.75, 3.05) is 18.0 Å². The van der Waals surface area contributed by atoms with Gasteiger partial charge in [0.1, 0.15) is 11.8 Å². The second-order valence-electron chi connectivity index (χ2n) is 4.92. The van der Waals surface area contributed by atoms with Crippen molar-refractivity contribution in [1.29, 1.82) is 5.26 Å². The molecule has 1 aliphatic heterocycles. The summed E-state index contributed by atoms with van der Waals surface area (Å²) in [6, 6.07) is 3.64. The fraction of sp³-hybridized carbons (Fsp3) is 0.583. The molecule has 0 bridgehead atoms. The van der Waals surface area contributed by atoms with Crippen molar-refractivity contribution in [3.8, 4) is 6.07 Å². The molecule has 0 saturated carbocycles. The van der Waals surface area contributed by atoms with Gasteiger partial charge in [-0.2, -0.15) is 5.26 Å². The first kappa shape index (κ1) is 11.8. The zero-order chi connectivity index (χ0) is 12.5. The Kier molecular flexibility index (Phi) is 2.99. The summed E-state index contributed by atoms with van der Waals surface area (Å²) in [5.41, 5.74) is 0.177. The Morgan fingerprint density at radius 1 is 1.59 bits per heavy atom. The molecule has 2 rings (SSSR count). The Labute approximate surface area is 101 Å². The molecule has 1 saturated heterocycles. The molecule has 0 radical (unpaired) electrons. The summed E-state index contributed by atoms with van der Waals surface area (Å²) < 4.78 is 5.82. The van der Waals surface area contributed by atoms with Crippen LogP contribution in [0.5, 0.6) is 0 Å². The first-order valence-corrected chi connectivity index (χ1v) is 5.66. The predicted molar refractivity (Wildman–Crippen MR) is 63.6 cm³/mol. The zero-order valence-corrected chi connectivity index (χ0v) is 10.3. The number of nitrogens with zero attached hydrogens (tertiary/aromatic N) is 4. The van der Waals surface area contributed by atoms with E-state index in [2.05, 4.69) is 14.9 Å². The monoisotopic (exact) mass is 232 g/mol. The Morgan fingerprint density at radius 3 is 3.00 bits per heavy atom. The number of morpholine rings is 1. The minimum Gasteiger partial charge on any atom is -0.369 e. The highest BCUT2D eigenvalue weighted by molar-refractivity contribution is 5.35. The lowest BCUT2D eigenvalue weighted by Gasteiger charge is -2.41. The summed E-state index contributed by atoms with van der Waals surface area (Å²) in [6.45, 7) is 7.60. The van der Waals surface area contributed by atoms with Crippen LogP contribution in [0.25, 0.3) is 0 Å². The Balaban J connectivity index is 2.24. The Bertz CT molecular complexity index is 452. The number of aromatic nitrogens is 2. The van der Waals surface area contributed by atoms with Crippen LogP contribution in [0.1, 0.15) is 26.5 Å². The van der Waals surface area contributed by atoms with Crippen LogP contribution in [0.15, 0.2) is 12.3 Å². The van der Waals surface area contributed by atoms with Gasteiger partial charge >= 0.3 is 0 Å². The van der Waals surface area contributed by atoms with E-state index in [9.17, 15) is 0 Å². The fourth-order valence-corrected chi connectivity index (χ4v) is 2.17. The van der Waals surface area contributed by atoms with Gasteiger partial charge in [0.2, 0.25) is 5.95 Å². The second-order valence-corrected chi connectivity index (χ2v) is 4.92. The van der Waals surface area contributed by atoms with Gasteiger partial charge in [-0.15, -0.1) is 0 Å². The molecule has 17 heavy (non-hydrogen) atoms. The average molecular weight is 232 g/mol. The van der Waals surface area contributed by atoms with E-state index >= 15 is 0 Å². The van der Waals surface area contributed by atoms with Crippen molar-refractivity contribution in [1.82, 2.24) is 9.97 Å². The highest BCUT2D eigenvalue weighted by Gasteiger charge is 2.32. The van der Waals surface area contributed by atoms with Crippen LogP contribution < -0.4 is 4.90 Å². The van der Waals surface area contributed by atoms with Gasteiger partial charge in [-0.1, -0.05) is 0 Å². The lowest BCUT2D eigenvalue weighted by molar-refractivity contribution is -0.0753. The second kappa shape index (κ2) is 4.30. The highest BCUT2D eigenvalue weighted by atomic mass is 16.5. The molecule has 1 aromatic rings. The van der Waals surface area contributed by atoms with Gasteiger partial charge in [-0.25, -0.2) is 9.97 Å².